The summed E-state index contributed by atoms with van der Waals surface area (Å²) in [6.45, 7) is 0. The number of amides is 1. The van der Waals surface area contributed by atoms with Crippen LogP contribution >= 0.6 is 7.37 Å². The number of carbonyl (C=O) groups excluding carboxylic acids is 1. The number of hydrogen-bond donors (Lipinski definition) is 1. The third-order valence-corrected chi connectivity index (χ3v) is 6.14. The SMILES string of the molecule is COC(=O)Nc1ccccc1OP(=O)(c1ccccc1)c1ccccc1. The van der Waals surface area contributed by atoms with Crippen molar-refractivity contribution in [1.29, 1.82) is 0 Å². The Labute approximate surface area is 152 Å². The van der Waals surface area contributed by atoms with Gasteiger partial charge in [0, 0.05) is 0 Å². The summed E-state index contributed by atoms with van der Waals surface area (Å²) in [5.41, 5.74) is 0.381. The first-order valence-corrected chi connectivity index (χ1v) is 9.61. The van der Waals surface area contributed by atoms with Crippen molar-refractivity contribution in [2.75, 3.05) is 12.4 Å². The lowest BCUT2D eigenvalue weighted by Crippen LogP contribution is -2.20. The van der Waals surface area contributed by atoms with Crippen LogP contribution in [0.25, 0.3) is 0 Å². The minimum atomic E-state index is -3.42. The van der Waals surface area contributed by atoms with Crippen molar-refractivity contribution >= 4 is 29.8 Å². The summed E-state index contributed by atoms with van der Waals surface area (Å²) in [5.74, 6) is 0.300. The fraction of sp³-hybridized carbons (Fsp3) is 0.0500. The normalized spacial score (nSPS) is 10.8. The minimum Gasteiger partial charge on any atom is -0.453 e. The summed E-state index contributed by atoms with van der Waals surface area (Å²) in [6, 6.07) is 24.8. The van der Waals surface area contributed by atoms with Gasteiger partial charge in [-0.15, -0.1) is 0 Å². The van der Waals surface area contributed by atoms with Crippen LogP contribution < -0.4 is 20.4 Å². The van der Waals surface area contributed by atoms with Gasteiger partial charge in [-0.3, -0.25) is 9.88 Å². The van der Waals surface area contributed by atoms with E-state index in [2.05, 4.69) is 10.1 Å². The first kappa shape index (κ1) is 17.8. The summed E-state index contributed by atoms with van der Waals surface area (Å²) < 4.78 is 24.6. The van der Waals surface area contributed by atoms with Gasteiger partial charge in [-0.05, 0) is 36.4 Å². The fourth-order valence-corrected chi connectivity index (χ4v) is 4.53. The number of para-hydroxylation sites is 2. The number of rotatable bonds is 5. The Hall–Kier alpha value is -3.04. The zero-order chi connectivity index (χ0) is 18.4. The Balaban J connectivity index is 2.06. The molecule has 3 rings (SSSR count). The van der Waals surface area contributed by atoms with Crippen LogP contribution in [0.15, 0.2) is 84.9 Å². The van der Waals surface area contributed by atoms with Gasteiger partial charge in [0.2, 0.25) is 0 Å². The van der Waals surface area contributed by atoms with Crippen molar-refractivity contribution in [1.82, 2.24) is 0 Å². The highest BCUT2D eigenvalue weighted by Gasteiger charge is 2.30. The van der Waals surface area contributed by atoms with Gasteiger partial charge in [0.05, 0.1) is 23.4 Å². The molecule has 0 aliphatic carbocycles. The van der Waals surface area contributed by atoms with Crippen LogP contribution in [0.1, 0.15) is 0 Å². The van der Waals surface area contributed by atoms with Crippen LogP contribution in [0.4, 0.5) is 10.5 Å². The summed E-state index contributed by atoms with van der Waals surface area (Å²) in [5, 5.41) is 3.72. The molecule has 5 nitrogen and oxygen atoms in total. The molecule has 0 heterocycles. The molecule has 0 saturated carbocycles. The summed E-state index contributed by atoms with van der Waals surface area (Å²) in [6.07, 6.45) is -0.629. The number of ether oxygens (including phenoxy) is 1. The van der Waals surface area contributed by atoms with Gasteiger partial charge in [0.1, 0.15) is 0 Å². The molecule has 0 bridgehead atoms. The van der Waals surface area contributed by atoms with Gasteiger partial charge >= 0.3 is 13.5 Å². The van der Waals surface area contributed by atoms with Crippen LogP contribution in [0.3, 0.4) is 0 Å². The molecule has 0 fully saturated rings. The second-order valence-electron chi connectivity index (χ2n) is 5.43. The number of nitrogens with one attached hydrogen (secondary N) is 1. The summed E-state index contributed by atoms with van der Waals surface area (Å²) >= 11 is 0. The predicted octanol–water partition coefficient (Wildman–Crippen LogP) is 4.17. The van der Waals surface area contributed by atoms with Crippen LogP contribution in [-0.4, -0.2) is 13.2 Å². The fourth-order valence-electron chi connectivity index (χ4n) is 2.45. The van der Waals surface area contributed by atoms with Crippen molar-refractivity contribution < 1.29 is 18.6 Å². The molecule has 0 aromatic heterocycles. The second-order valence-corrected chi connectivity index (χ2v) is 7.74. The highest BCUT2D eigenvalue weighted by atomic mass is 31.2. The van der Waals surface area contributed by atoms with E-state index < -0.39 is 13.5 Å². The quantitative estimate of drug-likeness (QED) is 0.688. The minimum absolute atomic E-state index is 0.300. The molecular formula is C20H18NO4P. The average molecular weight is 367 g/mol. The number of benzene rings is 3. The van der Waals surface area contributed by atoms with E-state index in [0.29, 0.717) is 22.0 Å². The zero-order valence-corrected chi connectivity index (χ0v) is 15.1. The van der Waals surface area contributed by atoms with E-state index >= 15 is 0 Å². The third kappa shape index (κ3) is 3.79. The molecule has 0 radical (unpaired) electrons. The van der Waals surface area contributed by atoms with E-state index in [9.17, 15) is 9.36 Å². The molecule has 0 aliphatic rings. The van der Waals surface area contributed by atoms with Gasteiger partial charge in [-0.2, -0.15) is 0 Å². The van der Waals surface area contributed by atoms with Crippen molar-refractivity contribution in [3.63, 3.8) is 0 Å². The molecule has 0 unspecified atom stereocenters. The van der Waals surface area contributed by atoms with E-state index in [4.69, 9.17) is 4.52 Å². The molecule has 1 amide bonds. The Morgan fingerprint density at radius 3 is 1.85 bits per heavy atom. The largest absolute Gasteiger partial charge is 0.453 e. The van der Waals surface area contributed by atoms with Gasteiger partial charge in [-0.1, -0.05) is 48.5 Å². The molecular weight excluding hydrogens is 349 g/mol. The van der Waals surface area contributed by atoms with Crippen LogP contribution in [-0.2, 0) is 9.30 Å². The molecule has 1 N–H and O–H groups in total. The zero-order valence-electron chi connectivity index (χ0n) is 14.2. The smallest absolute Gasteiger partial charge is 0.411 e. The molecule has 0 atom stereocenters. The number of carbonyl (C=O) groups is 1. The monoisotopic (exact) mass is 367 g/mol. The maximum absolute atomic E-state index is 13.9. The van der Waals surface area contributed by atoms with E-state index in [1.54, 1.807) is 48.5 Å². The first-order chi connectivity index (χ1) is 12.6. The second kappa shape index (κ2) is 7.89. The van der Waals surface area contributed by atoms with E-state index in [1.165, 1.54) is 7.11 Å². The van der Waals surface area contributed by atoms with Crippen molar-refractivity contribution in [3.05, 3.63) is 84.9 Å². The average Bonchev–Trinajstić information content (AvgIpc) is 2.70. The Bertz CT molecular complexity index is 885. The van der Waals surface area contributed by atoms with Crippen LogP contribution in [0, 0.1) is 0 Å². The maximum Gasteiger partial charge on any atom is 0.411 e. The molecule has 3 aromatic rings. The van der Waals surface area contributed by atoms with Gasteiger partial charge in [0.15, 0.2) is 5.75 Å². The van der Waals surface area contributed by atoms with Gasteiger partial charge in [0.25, 0.3) is 0 Å². The van der Waals surface area contributed by atoms with Gasteiger partial charge < -0.3 is 9.26 Å². The summed E-state index contributed by atoms with van der Waals surface area (Å²) in [7, 11) is -2.14. The lowest BCUT2D eigenvalue weighted by molar-refractivity contribution is 0.187. The third-order valence-electron chi connectivity index (χ3n) is 3.73. The van der Waals surface area contributed by atoms with E-state index in [0.717, 1.165) is 0 Å². The Morgan fingerprint density at radius 2 is 1.31 bits per heavy atom. The van der Waals surface area contributed by atoms with Crippen molar-refractivity contribution in [3.8, 4) is 5.75 Å². The van der Waals surface area contributed by atoms with Crippen LogP contribution in [0.5, 0.6) is 5.75 Å². The number of anilines is 1. The topological polar surface area (TPSA) is 64.6 Å². The van der Waals surface area contributed by atoms with E-state index in [1.807, 2.05) is 36.4 Å². The molecule has 0 aliphatic heterocycles. The van der Waals surface area contributed by atoms with Crippen molar-refractivity contribution in [2.24, 2.45) is 0 Å². The molecule has 132 valence electrons. The lowest BCUT2D eigenvalue weighted by Gasteiger charge is -2.22. The highest BCUT2D eigenvalue weighted by molar-refractivity contribution is 7.74. The standard InChI is InChI=1S/C20H18NO4P/c1-24-20(22)21-18-14-8-9-15-19(18)25-26(23,16-10-4-2-5-11-16)17-12-6-3-7-13-17/h2-15H,1H3,(H,21,22). The highest BCUT2D eigenvalue weighted by Crippen LogP contribution is 2.47. The molecule has 0 spiro atoms. The van der Waals surface area contributed by atoms with Crippen molar-refractivity contribution in [2.45, 2.75) is 0 Å². The number of hydrogen-bond acceptors (Lipinski definition) is 4. The first-order valence-electron chi connectivity index (χ1n) is 7.98. The number of methoxy groups -OCH3 is 1. The molecule has 3 aromatic carbocycles. The van der Waals surface area contributed by atoms with Crippen LogP contribution in [0.2, 0.25) is 0 Å². The lowest BCUT2D eigenvalue weighted by atomic mass is 10.3. The Morgan fingerprint density at radius 1 is 0.808 bits per heavy atom. The predicted molar refractivity (Wildman–Crippen MR) is 103 cm³/mol. The molecule has 26 heavy (non-hydrogen) atoms. The van der Waals surface area contributed by atoms with E-state index in [-0.39, 0.29) is 0 Å². The maximum atomic E-state index is 13.9. The molecule has 0 saturated heterocycles. The van der Waals surface area contributed by atoms with Gasteiger partial charge in [-0.25, -0.2) is 4.79 Å². The summed E-state index contributed by atoms with van der Waals surface area (Å²) in [4.78, 5) is 11.6. The molecule has 6 heteroatoms. The Kier molecular flexibility index (Phi) is 5.40.